The monoisotopic (exact) mass is 252 g/mol. The zero-order valence-electron chi connectivity index (χ0n) is 7.75. The molecule has 0 unspecified atom stereocenters. The number of benzene rings is 1. The maximum atomic E-state index is 12.2. The summed E-state index contributed by atoms with van der Waals surface area (Å²) in [5.74, 6) is -0.501. The molecule has 0 atom stereocenters. The van der Waals surface area contributed by atoms with E-state index in [1.165, 1.54) is 6.07 Å². The summed E-state index contributed by atoms with van der Waals surface area (Å²) in [7, 11) is -5.38. The van der Waals surface area contributed by atoms with E-state index in [4.69, 9.17) is 11.1 Å². The highest BCUT2D eigenvalue weighted by atomic mass is 32.2. The van der Waals surface area contributed by atoms with Gasteiger partial charge in [-0.1, -0.05) is 12.1 Å². The SMILES string of the molecule is N=C(N)c1cccc(S(=O)(=O)C(F)(F)F)c1. The highest BCUT2D eigenvalue weighted by Crippen LogP contribution is 2.30. The molecular weight excluding hydrogens is 245 g/mol. The van der Waals surface area contributed by atoms with Gasteiger partial charge in [0.2, 0.25) is 0 Å². The number of rotatable bonds is 2. The number of nitrogen functional groups attached to an aromatic ring is 1. The predicted molar refractivity (Wildman–Crippen MR) is 50.7 cm³/mol. The van der Waals surface area contributed by atoms with Crippen LogP contribution in [-0.4, -0.2) is 19.8 Å². The summed E-state index contributed by atoms with van der Waals surface area (Å²) in [6, 6.07) is 3.85. The fourth-order valence-electron chi connectivity index (χ4n) is 0.964. The van der Waals surface area contributed by atoms with Crippen LogP contribution in [0.1, 0.15) is 5.56 Å². The number of alkyl halides is 3. The van der Waals surface area contributed by atoms with Gasteiger partial charge in [0.15, 0.2) is 0 Å². The Labute approximate surface area is 89.3 Å². The van der Waals surface area contributed by atoms with E-state index in [0.717, 1.165) is 12.1 Å². The summed E-state index contributed by atoms with van der Waals surface area (Å²) in [6.45, 7) is 0. The predicted octanol–water partition coefficient (Wildman–Crippen LogP) is 1.26. The van der Waals surface area contributed by atoms with E-state index >= 15 is 0 Å². The van der Waals surface area contributed by atoms with Crippen molar-refractivity contribution in [2.45, 2.75) is 10.4 Å². The van der Waals surface area contributed by atoms with Crippen molar-refractivity contribution >= 4 is 15.7 Å². The molecule has 0 radical (unpaired) electrons. The van der Waals surface area contributed by atoms with Crippen LogP contribution in [0.2, 0.25) is 0 Å². The number of nitrogens with one attached hydrogen (secondary N) is 1. The lowest BCUT2D eigenvalue weighted by molar-refractivity contribution is -0.0436. The van der Waals surface area contributed by atoms with Crippen LogP contribution in [0.15, 0.2) is 29.2 Å². The van der Waals surface area contributed by atoms with Crippen LogP contribution in [0.25, 0.3) is 0 Å². The van der Waals surface area contributed by atoms with Crippen molar-refractivity contribution in [1.29, 1.82) is 5.41 Å². The molecular formula is C8H7F3N2O2S. The van der Waals surface area contributed by atoms with Gasteiger partial charge in [0.25, 0.3) is 9.84 Å². The van der Waals surface area contributed by atoms with Crippen molar-refractivity contribution < 1.29 is 21.6 Å². The molecule has 3 N–H and O–H groups in total. The van der Waals surface area contributed by atoms with E-state index in [1.54, 1.807) is 0 Å². The third-order valence-electron chi connectivity index (χ3n) is 1.76. The zero-order valence-corrected chi connectivity index (χ0v) is 8.56. The maximum absolute atomic E-state index is 12.2. The second-order valence-corrected chi connectivity index (χ2v) is 4.83. The quantitative estimate of drug-likeness (QED) is 0.614. The lowest BCUT2D eigenvalue weighted by Crippen LogP contribution is -2.23. The molecule has 0 fully saturated rings. The molecule has 0 aliphatic heterocycles. The molecule has 0 saturated heterocycles. The molecule has 16 heavy (non-hydrogen) atoms. The van der Waals surface area contributed by atoms with Crippen molar-refractivity contribution in [3.8, 4) is 0 Å². The van der Waals surface area contributed by atoms with Crippen molar-refractivity contribution in [2.75, 3.05) is 0 Å². The van der Waals surface area contributed by atoms with Gasteiger partial charge in [-0.3, -0.25) is 5.41 Å². The number of sulfone groups is 1. The molecule has 1 rings (SSSR count). The summed E-state index contributed by atoms with van der Waals surface area (Å²) in [5.41, 5.74) is -0.395. The minimum atomic E-state index is -5.38. The third kappa shape index (κ3) is 2.16. The highest BCUT2D eigenvalue weighted by molar-refractivity contribution is 7.92. The van der Waals surface area contributed by atoms with E-state index in [0.29, 0.717) is 6.07 Å². The van der Waals surface area contributed by atoms with E-state index < -0.39 is 26.1 Å². The van der Waals surface area contributed by atoms with Crippen LogP contribution in [0.4, 0.5) is 13.2 Å². The maximum Gasteiger partial charge on any atom is 0.501 e. The topological polar surface area (TPSA) is 84.0 Å². The Morgan fingerprint density at radius 1 is 1.31 bits per heavy atom. The smallest absolute Gasteiger partial charge is 0.384 e. The van der Waals surface area contributed by atoms with E-state index in [-0.39, 0.29) is 5.56 Å². The van der Waals surface area contributed by atoms with Gasteiger partial charge in [0.05, 0.1) is 4.90 Å². The molecule has 8 heteroatoms. The van der Waals surface area contributed by atoms with Crippen molar-refractivity contribution in [3.63, 3.8) is 0 Å². The van der Waals surface area contributed by atoms with Crippen molar-refractivity contribution in [3.05, 3.63) is 29.8 Å². The largest absolute Gasteiger partial charge is 0.501 e. The first-order valence-electron chi connectivity index (χ1n) is 3.92. The average Bonchev–Trinajstić information content (AvgIpc) is 2.16. The van der Waals surface area contributed by atoms with Crippen molar-refractivity contribution in [1.82, 2.24) is 0 Å². The number of amidine groups is 1. The molecule has 0 saturated carbocycles. The number of halogens is 3. The Balaban J connectivity index is 3.36. The second-order valence-electron chi connectivity index (χ2n) is 2.89. The minimum absolute atomic E-state index is 0.0784. The first-order valence-corrected chi connectivity index (χ1v) is 5.40. The molecule has 1 aromatic carbocycles. The van der Waals surface area contributed by atoms with E-state index in [9.17, 15) is 21.6 Å². The summed E-state index contributed by atoms with van der Waals surface area (Å²) >= 11 is 0. The zero-order chi connectivity index (χ0) is 12.6. The summed E-state index contributed by atoms with van der Waals surface area (Å²) < 4.78 is 58.5. The molecule has 0 spiro atoms. The summed E-state index contributed by atoms with van der Waals surface area (Å²) in [5, 5.41) is 6.99. The van der Waals surface area contributed by atoms with E-state index in [1.807, 2.05) is 0 Å². The van der Waals surface area contributed by atoms with Crippen LogP contribution >= 0.6 is 0 Å². The Morgan fingerprint density at radius 2 is 1.88 bits per heavy atom. The fraction of sp³-hybridized carbons (Fsp3) is 0.125. The number of hydrogen-bond donors (Lipinski definition) is 2. The molecule has 0 aromatic heterocycles. The van der Waals surface area contributed by atoms with Gasteiger partial charge >= 0.3 is 5.51 Å². The minimum Gasteiger partial charge on any atom is -0.384 e. The first-order chi connectivity index (χ1) is 7.16. The standard InChI is InChI=1S/C8H7F3N2O2S/c9-8(10,11)16(14,15)6-3-1-2-5(4-6)7(12)13/h1-4H,(H3,12,13). The van der Waals surface area contributed by atoms with Gasteiger partial charge in [0.1, 0.15) is 5.84 Å². The van der Waals surface area contributed by atoms with Gasteiger partial charge in [-0.05, 0) is 12.1 Å². The normalized spacial score (nSPS) is 12.4. The van der Waals surface area contributed by atoms with Gasteiger partial charge in [-0.25, -0.2) is 8.42 Å². The first kappa shape index (κ1) is 12.5. The lowest BCUT2D eigenvalue weighted by atomic mass is 10.2. The molecule has 4 nitrogen and oxygen atoms in total. The van der Waals surface area contributed by atoms with Crippen molar-refractivity contribution in [2.24, 2.45) is 5.73 Å². The number of hydrogen-bond acceptors (Lipinski definition) is 3. The number of nitrogens with two attached hydrogens (primary N) is 1. The summed E-state index contributed by atoms with van der Waals surface area (Å²) in [6.07, 6.45) is 0. The third-order valence-corrected chi connectivity index (χ3v) is 3.24. The van der Waals surface area contributed by atoms with Gasteiger partial charge in [0, 0.05) is 5.56 Å². The van der Waals surface area contributed by atoms with E-state index in [2.05, 4.69) is 0 Å². The van der Waals surface area contributed by atoms with Crippen LogP contribution in [0, 0.1) is 5.41 Å². The van der Waals surface area contributed by atoms with Crippen LogP contribution in [0.3, 0.4) is 0 Å². The Hall–Kier alpha value is -1.57. The molecule has 0 amide bonds. The van der Waals surface area contributed by atoms with Gasteiger partial charge in [-0.15, -0.1) is 0 Å². The van der Waals surface area contributed by atoms with Crippen LogP contribution < -0.4 is 5.73 Å². The highest BCUT2D eigenvalue weighted by Gasteiger charge is 2.46. The average molecular weight is 252 g/mol. The van der Waals surface area contributed by atoms with Crippen LogP contribution in [0.5, 0.6) is 0 Å². The lowest BCUT2D eigenvalue weighted by Gasteiger charge is -2.08. The van der Waals surface area contributed by atoms with Gasteiger partial charge in [-0.2, -0.15) is 13.2 Å². The molecule has 0 aliphatic carbocycles. The Morgan fingerprint density at radius 3 is 2.31 bits per heavy atom. The molecule has 1 aromatic rings. The molecule has 0 heterocycles. The Kier molecular flexibility index (Phi) is 2.95. The van der Waals surface area contributed by atoms with Gasteiger partial charge < -0.3 is 5.73 Å². The fourth-order valence-corrected chi connectivity index (χ4v) is 1.77. The molecule has 0 bridgehead atoms. The van der Waals surface area contributed by atoms with Crippen LogP contribution in [-0.2, 0) is 9.84 Å². The molecule has 88 valence electrons. The molecule has 0 aliphatic rings. The second kappa shape index (κ2) is 3.78. The summed E-state index contributed by atoms with van der Waals surface area (Å²) in [4.78, 5) is -0.923. The Bertz CT molecular complexity index is 522.